The Morgan fingerprint density at radius 3 is 2.82 bits per heavy atom. The first-order chi connectivity index (χ1) is 8.26. The summed E-state index contributed by atoms with van der Waals surface area (Å²) in [6, 6.07) is 5.92. The predicted molar refractivity (Wildman–Crippen MR) is 68.3 cm³/mol. The van der Waals surface area contributed by atoms with Crippen molar-refractivity contribution in [2.75, 3.05) is 12.4 Å². The molecule has 0 radical (unpaired) electrons. The molecule has 17 heavy (non-hydrogen) atoms. The number of amides is 1. The zero-order valence-corrected chi connectivity index (χ0v) is 10.5. The summed E-state index contributed by atoms with van der Waals surface area (Å²) in [6.45, 7) is 2.13. The third-order valence-electron chi connectivity index (χ3n) is 3.03. The van der Waals surface area contributed by atoms with Crippen molar-refractivity contribution < 1.29 is 9.53 Å². The van der Waals surface area contributed by atoms with E-state index in [0.717, 1.165) is 42.7 Å². The molecule has 2 rings (SSSR count). The monoisotopic (exact) mass is 233 g/mol. The molecule has 1 aliphatic rings. The maximum Gasteiger partial charge on any atom is 0.227 e. The summed E-state index contributed by atoms with van der Waals surface area (Å²) in [7, 11) is 1.65. The number of carbonyl (C=O) groups excluding carboxylic acids is 1. The van der Waals surface area contributed by atoms with Gasteiger partial charge in [0.05, 0.1) is 12.8 Å². The average molecular weight is 233 g/mol. The number of aryl methyl sites for hydroxylation is 1. The SMILES string of the molecule is CCCc1cccc(NC(=O)C2CC2)c1OC. The summed E-state index contributed by atoms with van der Waals surface area (Å²) in [5.41, 5.74) is 1.96. The molecule has 1 N–H and O–H groups in total. The van der Waals surface area contributed by atoms with Crippen LogP contribution in [0.3, 0.4) is 0 Å². The summed E-state index contributed by atoms with van der Waals surface area (Å²) < 4.78 is 5.42. The zero-order valence-electron chi connectivity index (χ0n) is 10.5. The fourth-order valence-corrected chi connectivity index (χ4v) is 1.97. The molecule has 1 aromatic carbocycles. The van der Waals surface area contributed by atoms with Crippen molar-refractivity contribution in [2.45, 2.75) is 32.6 Å². The van der Waals surface area contributed by atoms with E-state index < -0.39 is 0 Å². The Morgan fingerprint density at radius 1 is 1.47 bits per heavy atom. The normalized spacial score (nSPS) is 14.5. The quantitative estimate of drug-likeness (QED) is 0.849. The Hall–Kier alpha value is -1.51. The smallest absolute Gasteiger partial charge is 0.227 e. The Labute approximate surface area is 102 Å². The van der Waals surface area contributed by atoms with Gasteiger partial charge in [0.25, 0.3) is 0 Å². The van der Waals surface area contributed by atoms with Gasteiger partial charge in [-0.2, -0.15) is 0 Å². The minimum Gasteiger partial charge on any atom is -0.494 e. The highest BCUT2D eigenvalue weighted by Crippen LogP contribution is 2.34. The molecular formula is C14H19NO2. The highest BCUT2D eigenvalue weighted by Gasteiger charge is 2.30. The van der Waals surface area contributed by atoms with Gasteiger partial charge in [0, 0.05) is 5.92 Å². The van der Waals surface area contributed by atoms with Crippen molar-refractivity contribution in [3.8, 4) is 5.75 Å². The molecule has 92 valence electrons. The number of rotatable bonds is 5. The molecule has 0 atom stereocenters. The van der Waals surface area contributed by atoms with Crippen molar-refractivity contribution >= 4 is 11.6 Å². The molecule has 0 saturated heterocycles. The number of hydrogen-bond acceptors (Lipinski definition) is 2. The van der Waals surface area contributed by atoms with Crippen LogP contribution in [0.4, 0.5) is 5.69 Å². The van der Waals surface area contributed by atoms with Crippen LogP contribution in [0.5, 0.6) is 5.75 Å². The van der Waals surface area contributed by atoms with E-state index in [2.05, 4.69) is 18.3 Å². The Kier molecular flexibility index (Phi) is 3.67. The van der Waals surface area contributed by atoms with Gasteiger partial charge in [0.15, 0.2) is 0 Å². The second-order valence-corrected chi connectivity index (χ2v) is 4.51. The van der Waals surface area contributed by atoms with Gasteiger partial charge in [-0.25, -0.2) is 0 Å². The topological polar surface area (TPSA) is 38.3 Å². The van der Waals surface area contributed by atoms with Crippen LogP contribution in [0.2, 0.25) is 0 Å². The number of benzene rings is 1. The lowest BCUT2D eigenvalue weighted by atomic mass is 10.1. The standard InChI is InChI=1S/C14H19NO2/c1-3-5-10-6-4-7-12(13(10)17-2)15-14(16)11-8-9-11/h4,6-7,11H,3,5,8-9H2,1-2H3,(H,15,16). The molecule has 0 aromatic heterocycles. The third kappa shape index (κ3) is 2.78. The van der Waals surface area contributed by atoms with E-state index in [1.807, 2.05) is 12.1 Å². The molecule has 1 fully saturated rings. The van der Waals surface area contributed by atoms with Crippen LogP contribution in [0, 0.1) is 5.92 Å². The van der Waals surface area contributed by atoms with Crippen molar-refractivity contribution in [2.24, 2.45) is 5.92 Å². The van der Waals surface area contributed by atoms with Gasteiger partial charge >= 0.3 is 0 Å². The number of anilines is 1. The van der Waals surface area contributed by atoms with E-state index in [1.54, 1.807) is 7.11 Å². The van der Waals surface area contributed by atoms with E-state index in [1.165, 1.54) is 0 Å². The fraction of sp³-hybridized carbons (Fsp3) is 0.500. The molecule has 0 heterocycles. The van der Waals surface area contributed by atoms with Crippen LogP contribution >= 0.6 is 0 Å². The summed E-state index contributed by atoms with van der Waals surface area (Å²) in [4.78, 5) is 11.7. The average Bonchev–Trinajstić information content (AvgIpc) is 3.13. The van der Waals surface area contributed by atoms with Crippen LogP contribution in [0.1, 0.15) is 31.7 Å². The lowest BCUT2D eigenvalue weighted by Crippen LogP contribution is -2.14. The van der Waals surface area contributed by atoms with Crippen molar-refractivity contribution in [1.29, 1.82) is 0 Å². The Bertz CT molecular complexity index is 411. The summed E-state index contributed by atoms with van der Waals surface area (Å²) in [5.74, 6) is 1.15. The van der Waals surface area contributed by atoms with E-state index in [4.69, 9.17) is 4.74 Å². The number of nitrogens with one attached hydrogen (secondary N) is 1. The van der Waals surface area contributed by atoms with Gasteiger partial charge in [-0.05, 0) is 30.9 Å². The van der Waals surface area contributed by atoms with Crippen molar-refractivity contribution in [1.82, 2.24) is 0 Å². The van der Waals surface area contributed by atoms with Crippen LogP contribution in [0.25, 0.3) is 0 Å². The van der Waals surface area contributed by atoms with Gasteiger partial charge in [0.1, 0.15) is 5.75 Å². The molecule has 1 amide bonds. The molecular weight excluding hydrogens is 214 g/mol. The molecule has 0 unspecified atom stereocenters. The molecule has 1 saturated carbocycles. The number of ether oxygens (including phenoxy) is 1. The second-order valence-electron chi connectivity index (χ2n) is 4.51. The largest absolute Gasteiger partial charge is 0.494 e. The number of carbonyl (C=O) groups is 1. The van der Waals surface area contributed by atoms with Crippen molar-refractivity contribution in [3.63, 3.8) is 0 Å². The molecule has 0 bridgehead atoms. The van der Waals surface area contributed by atoms with Crippen molar-refractivity contribution in [3.05, 3.63) is 23.8 Å². The van der Waals surface area contributed by atoms with Gasteiger partial charge < -0.3 is 10.1 Å². The van der Waals surface area contributed by atoms with E-state index in [9.17, 15) is 4.79 Å². The first-order valence-electron chi connectivity index (χ1n) is 6.23. The van der Waals surface area contributed by atoms with E-state index in [0.29, 0.717) is 0 Å². The minimum atomic E-state index is 0.122. The highest BCUT2D eigenvalue weighted by molar-refractivity contribution is 5.95. The van der Waals surface area contributed by atoms with Gasteiger partial charge in [-0.15, -0.1) is 0 Å². The third-order valence-corrected chi connectivity index (χ3v) is 3.03. The zero-order chi connectivity index (χ0) is 12.3. The molecule has 0 spiro atoms. The first kappa shape index (κ1) is 12.0. The van der Waals surface area contributed by atoms with E-state index in [-0.39, 0.29) is 11.8 Å². The van der Waals surface area contributed by atoms with Gasteiger partial charge in [-0.3, -0.25) is 4.79 Å². The van der Waals surface area contributed by atoms with Crippen LogP contribution in [0.15, 0.2) is 18.2 Å². The minimum absolute atomic E-state index is 0.122. The van der Waals surface area contributed by atoms with E-state index >= 15 is 0 Å². The Balaban J connectivity index is 2.19. The maximum atomic E-state index is 11.7. The molecule has 1 aromatic rings. The molecule has 0 aliphatic heterocycles. The lowest BCUT2D eigenvalue weighted by Gasteiger charge is -2.13. The summed E-state index contributed by atoms with van der Waals surface area (Å²) >= 11 is 0. The number of para-hydroxylation sites is 1. The van der Waals surface area contributed by atoms with Crippen LogP contribution in [-0.4, -0.2) is 13.0 Å². The molecule has 1 aliphatic carbocycles. The summed E-state index contributed by atoms with van der Waals surface area (Å²) in [6.07, 6.45) is 4.07. The maximum absolute atomic E-state index is 11.7. The molecule has 3 nitrogen and oxygen atoms in total. The predicted octanol–water partition coefficient (Wildman–Crippen LogP) is 3.00. The fourth-order valence-electron chi connectivity index (χ4n) is 1.97. The van der Waals surface area contributed by atoms with Gasteiger partial charge in [-0.1, -0.05) is 25.5 Å². The molecule has 3 heteroatoms. The first-order valence-corrected chi connectivity index (χ1v) is 6.23. The Morgan fingerprint density at radius 2 is 2.24 bits per heavy atom. The number of methoxy groups -OCH3 is 1. The van der Waals surface area contributed by atoms with Gasteiger partial charge in [0.2, 0.25) is 5.91 Å². The van der Waals surface area contributed by atoms with Crippen LogP contribution < -0.4 is 10.1 Å². The summed E-state index contributed by atoms with van der Waals surface area (Å²) in [5, 5.41) is 2.96. The van der Waals surface area contributed by atoms with Crippen LogP contribution in [-0.2, 0) is 11.2 Å². The highest BCUT2D eigenvalue weighted by atomic mass is 16.5. The number of hydrogen-bond donors (Lipinski definition) is 1. The second kappa shape index (κ2) is 5.21. The lowest BCUT2D eigenvalue weighted by molar-refractivity contribution is -0.117.